The van der Waals surface area contributed by atoms with Gasteiger partial charge in [-0.05, 0) is 36.1 Å². The molecule has 3 aromatic carbocycles. The van der Waals surface area contributed by atoms with Crippen molar-refractivity contribution in [3.8, 4) is 0 Å². The summed E-state index contributed by atoms with van der Waals surface area (Å²) in [5.41, 5.74) is 2.04. The van der Waals surface area contributed by atoms with Gasteiger partial charge in [0.25, 0.3) is 5.69 Å². The van der Waals surface area contributed by atoms with Crippen molar-refractivity contribution in [1.29, 1.82) is 0 Å². The molecule has 0 saturated heterocycles. The molecule has 1 saturated carbocycles. The van der Waals surface area contributed by atoms with Gasteiger partial charge < -0.3 is 10.2 Å². The van der Waals surface area contributed by atoms with Crippen LogP contribution in [-0.2, 0) is 29.0 Å². The van der Waals surface area contributed by atoms with Gasteiger partial charge in [-0.3, -0.25) is 19.7 Å². The second-order valence-corrected chi connectivity index (χ2v) is 10.7. The molecule has 7 nitrogen and oxygen atoms in total. The van der Waals surface area contributed by atoms with Gasteiger partial charge in [0, 0.05) is 35.1 Å². The van der Waals surface area contributed by atoms with E-state index in [0.29, 0.717) is 12.0 Å². The summed E-state index contributed by atoms with van der Waals surface area (Å²) in [5.74, 6) is -0.518. The molecule has 1 aliphatic rings. The third kappa shape index (κ3) is 7.51. The van der Waals surface area contributed by atoms with Crippen LogP contribution < -0.4 is 5.32 Å². The minimum Gasteiger partial charge on any atom is -0.352 e. The van der Waals surface area contributed by atoms with E-state index in [1.54, 1.807) is 23.1 Å². The van der Waals surface area contributed by atoms with Crippen molar-refractivity contribution in [1.82, 2.24) is 10.2 Å². The van der Waals surface area contributed by atoms with Crippen LogP contribution in [0.5, 0.6) is 0 Å². The zero-order valence-corrected chi connectivity index (χ0v) is 22.8. The highest BCUT2D eigenvalue weighted by Gasteiger charge is 2.32. The van der Waals surface area contributed by atoms with Crippen LogP contribution in [0.25, 0.3) is 0 Å². The Morgan fingerprint density at radius 3 is 2.26 bits per heavy atom. The van der Waals surface area contributed by atoms with Crippen molar-refractivity contribution in [3.63, 3.8) is 0 Å². The van der Waals surface area contributed by atoms with Gasteiger partial charge in [-0.15, -0.1) is 0 Å². The summed E-state index contributed by atoms with van der Waals surface area (Å²) < 4.78 is 0.912. The summed E-state index contributed by atoms with van der Waals surface area (Å²) in [6, 6.07) is 22.9. The molecule has 4 rings (SSSR count). The maximum Gasteiger partial charge on any atom is 0.273 e. The first-order valence-electron chi connectivity index (χ1n) is 13.0. The van der Waals surface area contributed by atoms with Crippen molar-refractivity contribution >= 4 is 33.4 Å². The molecule has 1 atom stereocenters. The van der Waals surface area contributed by atoms with Crippen molar-refractivity contribution in [2.24, 2.45) is 0 Å². The zero-order chi connectivity index (χ0) is 26.9. The van der Waals surface area contributed by atoms with Crippen LogP contribution in [0.2, 0.25) is 0 Å². The van der Waals surface area contributed by atoms with Gasteiger partial charge >= 0.3 is 0 Å². The minimum atomic E-state index is -0.766. The Hall–Kier alpha value is -3.52. The third-order valence-electron chi connectivity index (χ3n) is 7.02. The Labute approximate surface area is 231 Å². The van der Waals surface area contributed by atoms with Crippen LogP contribution in [0.3, 0.4) is 0 Å². The Morgan fingerprint density at radius 2 is 1.58 bits per heavy atom. The van der Waals surface area contributed by atoms with E-state index in [1.165, 1.54) is 12.5 Å². The molecule has 1 fully saturated rings. The van der Waals surface area contributed by atoms with Gasteiger partial charge in [0.1, 0.15) is 6.04 Å². The monoisotopic (exact) mass is 577 g/mol. The molecular formula is C30H32BrN3O4. The molecule has 1 N–H and O–H groups in total. The number of benzene rings is 3. The molecule has 1 aliphatic carbocycles. The van der Waals surface area contributed by atoms with Crippen LogP contribution >= 0.6 is 15.9 Å². The second kappa shape index (κ2) is 13.3. The number of carbonyl (C=O) groups excluding carboxylic acids is 2. The number of para-hydroxylation sites is 1. The Balaban J connectivity index is 1.68. The smallest absolute Gasteiger partial charge is 0.273 e. The van der Waals surface area contributed by atoms with Gasteiger partial charge in [0.05, 0.1) is 11.3 Å². The largest absolute Gasteiger partial charge is 0.352 e. The predicted octanol–water partition coefficient (Wildman–Crippen LogP) is 5.99. The fourth-order valence-electron chi connectivity index (χ4n) is 4.99. The number of hydrogen-bond donors (Lipinski definition) is 1. The minimum absolute atomic E-state index is 0.0920. The van der Waals surface area contributed by atoms with Gasteiger partial charge in [0.2, 0.25) is 11.8 Å². The van der Waals surface area contributed by atoms with Crippen LogP contribution in [-0.4, -0.2) is 33.7 Å². The highest BCUT2D eigenvalue weighted by molar-refractivity contribution is 9.10. The number of nitrogens with zero attached hydrogens (tertiary/aromatic N) is 2. The molecule has 0 heterocycles. The van der Waals surface area contributed by atoms with Crippen LogP contribution in [0.1, 0.15) is 48.8 Å². The molecule has 0 aromatic heterocycles. The van der Waals surface area contributed by atoms with Crippen molar-refractivity contribution in [3.05, 3.63) is 110 Å². The van der Waals surface area contributed by atoms with E-state index in [9.17, 15) is 19.7 Å². The first-order chi connectivity index (χ1) is 18.4. The number of amides is 2. The topological polar surface area (TPSA) is 92.6 Å². The van der Waals surface area contributed by atoms with Gasteiger partial charge in [0.15, 0.2) is 0 Å². The van der Waals surface area contributed by atoms with E-state index >= 15 is 0 Å². The molecule has 0 spiro atoms. The normalized spacial score (nSPS) is 14.4. The Kier molecular flexibility index (Phi) is 9.65. The lowest BCUT2D eigenvalue weighted by molar-refractivity contribution is -0.385. The summed E-state index contributed by atoms with van der Waals surface area (Å²) in [7, 11) is 0. The number of nitro benzene ring substituents is 1. The number of carbonyl (C=O) groups is 2. The van der Waals surface area contributed by atoms with E-state index in [0.717, 1.165) is 41.3 Å². The maximum atomic E-state index is 13.9. The molecule has 0 aliphatic heterocycles. The molecule has 0 bridgehead atoms. The fourth-order valence-corrected chi connectivity index (χ4v) is 5.25. The summed E-state index contributed by atoms with van der Waals surface area (Å²) in [6.45, 7) is 0.211. The first kappa shape index (κ1) is 27.5. The number of nitrogens with one attached hydrogen (secondary N) is 1. The van der Waals surface area contributed by atoms with Gasteiger partial charge in [-0.2, -0.15) is 0 Å². The van der Waals surface area contributed by atoms with Crippen molar-refractivity contribution < 1.29 is 14.5 Å². The average Bonchev–Trinajstić information content (AvgIpc) is 2.93. The van der Waals surface area contributed by atoms with E-state index in [4.69, 9.17) is 0 Å². The summed E-state index contributed by atoms with van der Waals surface area (Å²) in [4.78, 5) is 40.4. The van der Waals surface area contributed by atoms with Crippen molar-refractivity contribution in [2.45, 2.75) is 63.6 Å². The highest BCUT2D eigenvalue weighted by atomic mass is 79.9. The fraction of sp³-hybridized carbons (Fsp3) is 0.333. The summed E-state index contributed by atoms with van der Waals surface area (Å²) >= 11 is 3.45. The second-order valence-electron chi connectivity index (χ2n) is 9.76. The van der Waals surface area contributed by atoms with E-state index in [1.807, 2.05) is 54.6 Å². The Morgan fingerprint density at radius 1 is 0.921 bits per heavy atom. The molecule has 3 aromatic rings. The number of halogens is 1. The number of hydrogen-bond acceptors (Lipinski definition) is 4. The maximum absolute atomic E-state index is 13.9. The molecule has 1 unspecified atom stereocenters. The molecule has 0 radical (unpaired) electrons. The molecule has 8 heteroatoms. The number of rotatable bonds is 10. The van der Waals surface area contributed by atoms with Crippen LogP contribution in [0.4, 0.5) is 5.69 Å². The predicted molar refractivity (Wildman–Crippen MR) is 150 cm³/mol. The third-order valence-corrected chi connectivity index (χ3v) is 7.55. The van der Waals surface area contributed by atoms with Gasteiger partial charge in [-0.1, -0.05) is 95.9 Å². The molecule has 38 heavy (non-hydrogen) atoms. The highest BCUT2D eigenvalue weighted by Crippen LogP contribution is 2.23. The lowest BCUT2D eigenvalue weighted by atomic mass is 9.94. The standard InChI is InChI=1S/C30H32BrN3O4/c31-25-17-15-23(16-18-25)21-33(29(35)20-24-11-7-8-14-27(24)34(37)38)28(19-22-9-3-1-4-10-22)30(36)32-26-12-5-2-6-13-26/h1,3-4,7-11,14-18,26,28H,2,5-6,12-13,19-21H2,(H,32,36). The number of nitro groups is 1. The van der Waals surface area contributed by atoms with Crippen LogP contribution in [0, 0.1) is 10.1 Å². The molecular weight excluding hydrogens is 546 g/mol. The molecule has 2 amide bonds. The quantitative estimate of drug-likeness (QED) is 0.236. The summed E-state index contributed by atoms with van der Waals surface area (Å²) in [6.07, 6.45) is 5.36. The van der Waals surface area contributed by atoms with Crippen molar-refractivity contribution in [2.75, 3.05) is 0 Å². The summed E-state index contributed by atoms with van der Waals surface area (Å²) in [5, 5.41) is 14.8. The van der Waals surface area contributed by atoms with Crippen LogP contribution in [0.15, 0.2) is 83.3 Å². The SMILES string of the molecule is O=C(NC1CCCCC1)C(Cc1ccccc1)N(Cc1ccc(Br)cc1)C(=O)Cc1ccccc1[N+](=O)[O-]. The molecule has 198 valence electrons. The lowest BCUT2D eigenvalue weighted by Gasteiger charge is -2.33. The zero-order valence-electron chi connectivity index (χ0n) is 21.2. The first-order valence-corrected chi connectivity index (χ1v) is 13.8. The average molecular weight is 579 g/mol. The van der Waals surface area contributed by atoms with Gasteiger partial charge in [-0.25, -0.2) is 0 Å². The van der Waals surface area contributed by atoms with E-state index in [-0.39, 0.29) is 36.5 Å². The van der Waals surface area contributed by atoms with E-state index in [2.05, 4.69) is 21.2 Å². The Bertz CT molecular complexity index is 1240. The lowest BCUT2D eigenvalue weighted by Crippen LogP contribution is -2.53. The van der Waals surface area contributed by atoms with E-state index < -0.39 is 11.0 Å².